The summed E-state index contributed by atoms with van der Waals surface area (Å²) in [6.45, 7) is 0. The fourth-order valence-corrected chi connectivity index (χ4v) is 5.83. The van der Waals surface area contributed by atoms with Gasteiger partial charge in [0.15, 0.2) is 0 Å². The van der Waals surface area contributed by atoms with Gasteiger partial charge in [0.2, 0.25) is 5.91 Å². The molecule has 1 unspecified atom stereocenters. The third kappa shape index (κ3) is 9.34. The van der Waals surface area contributed by atoms with Crippen molar-refractivity contribution >= 4 is 64.2 Å². The Hall–Kier alpha value is -5.91. The Morgan fingerprint density at radius 3 is 2.12 bits per heavy atom. The van der Waals surface area contributed by atoms with Gasteiger partial charge in [0, 0.05) is 33.3 Å². The molecule has 1 atom stereocenters. The summed E-state index contributed by atoms with van der Waals surface area (Å²) >= 11 is 7.49. The van der Waals surface area contributed by atoms with Gasteiger partial charge in [-0.2, -0.15) is 0 Å². The van der Waals surface area contributed by atoms with Gasteiger partial charge in [0.25, 0.3) is 17.5 Å². The largest absolute Gasteiger partial charge is 0.495 e. The number of amides is 3. The Balaban J connectivity index is 1.34. The van der Waals surface area contributed by atoms with Gasteiger partial charge in [0.05, 0.1) is 17.7 Å². The van der Waals surface area contributed by atoms with Crippen LogP contribution in [0.2, 0.25) is 5.02 Å². The molecular weight excluding hydrogens is 664 g/mol. The second kappa shape index (κ2) is 16.3. The molecular formula is C37H29ClN4O6S. The first-order chi connectivity index (χ1) is 23.7. The van der Waals surface area contributed by atoms with Crippen molar-refractivity contribution in [2.45, 2.75) is 10.1 Å². The maximum atomic E-state index is 13.6. The van der Waals surface area contributed by atoms with E-state index in [0.717, 1.165) is 10.5 Å². The first-order valence-corrected chi connectivity index (χ1v) is 16.1. The topological polar surface area (TPSA) is 140 Å². The van der Waals surface area contributed by atoms with E-state index in [4.69, 9.17) is 16.3 Å². The summed E-state index contributed by atoms with van der Waals surface area (Å²) in [6.07, 6.45) is 1.43. The summed E-state index contributed by atoms with van der Waals surface area (Å²) in [5, 5.41) is 19.3. The van der Waals surface area contributed by atoms with Gasteiger partial charge in [-0.3, -0.25) is 24.5 Å². The lowest BCUT2D eigenvalue weighted by atomic mass is 10.1. The molecule has 0 aliphatic carbocycles. The zero-order valence-corrected chi connectivity index (χ0v) is 27.5. The second-order valence-electron chi connectivity index (χ2n) is 10.4. The number of nitrogens with zero attached hydrogens (tertiary/aromatic N) is 1. The van der Waals surface area contributed by atoms with Crippen LogP contribution in [-0.4, -0.2) is 29.8 Å². The third-order valence-corrected chi connectivity index (χ3v) is 8.57. The second-order valence-corrected chi connectivity index (χ2v) is 12.1. The number of hydrogen-bond donors (Lipinski definition) is 3. The number of carbonyl (C=O) groups excluding carboxylic acids is 3. The average molecular weight is 693 g/mol. The lowest BCUT2D eigenvalue weighted by molar-refractivity contribution is -0.384. The van der Waals surface area contributed by atoms with Crippen molar-refractivity contribution in [1.82, 2.24) is 5.32 Å². The Morgan fingerprint density at radius 1 is 0.837 bits per heavy atom. The number of nitro benzene ring substituents is 1. The number of methoxy groups -OCH3 is 1. The standard InChI is InChI=1S/C37H29ClN4O6S/c1-48-33-21-14-27(38)23-31(33)40-37(45)34(25-8-4-2-5-9-25)49-30-19-15-28(16-20-30)39-36(44)32(41-35(43)26-10-6-3-7-11-26)22-24-12-17-29(18-13-24)42(46)47/h2-23,34H,1H3,(H,39,44)(H,40,45)(H,41,43)/b32-22-. The lowest BCUT2D eigenvalue weighted by Gasteiger charge is -2.18. The number of rotatable bonds is 12. The minimum atomic E-state index is -0.644. The van der Waals surface area contributed by atoms with Gasteiger partial charge in [0.1, 0.15) is 16.7 Å². The van der Waals surface area contributed by atoms with E-state index in [0.29, 0.717) is 33.3 Å². The monoisotopic (exact) mass is 692 g/mol. The summed E-state index contributed by atoms with van der Waals surface area (Å²) in [7, 11) is 1.51. The number of halogens is 1. The fourth-order valence-electron chi connectivity index (χ4n) is 4.63. The zero-order chi connectivity index (χ0) is 34.8. The molecule has 49 heavy (non-hydrogen) atoms. The van der Waals surface area contributed by atoms with Crippen LogP contribution in [0.1, 0.15) is 26.7 Å². The van der Waals surface area contributed by atoms with E-state index in [-0.39, 0.29) is 17.3 Å². The quantitative estimate of drug-likeness (QED) is 0.0519. The predicted octanol–water partition coefficient (Wildman–Crippen LogP) is 8.14. The van der Waals surface area contributed by atoms with Gasteiger partial charge in [-0.15, -0.1) is 11.8 Å². The minimum absolute atomic E-state index is 0.0709. The molecule has 12 heteroatoms. The van der Waals surface area contributed by atoms with Gasteiger partial charge in [-0.1, -0.05) is 60.1 Å². The molecule has 0 saturated heterocycles. The Kier molecular flexibility index (Phi) is 11.4. The molecule has 0 fully saturated rings. The van der Waals surface area contributed by atoms with Crippen LogP contribution < -0.4 is 20.7 Å². The van der Waals surface area contributed by atoms with Gasteiger partial charge in [-0.05, 0) is 83.9 Å². The molecule has 10 nitrogen and oxygen atoms in total. The molecule has 0 radical (unpaired) electrons. The summed E-state index contributed by atoms with van der Waals surface area (Å²) in [4.78, 5) is 51.4. The van der Waals surface area contributed by atoms with Gasteiger partial charge >= 0.3 is 0 Å². The molecule has 0 aromatic heterocycles. The Morgan fingerprint density at radius 2 is 1.49 bits per heavy atom. The molecule has 0 bridgehead atoms. The normalized spacial score (nSPS) is 11.6. The Labute approximate surface area is 291 Å². The number of hydrogen-bond acceptors (Lipinski definition) is 7. The molecule has 5 aromatic rings. The molecule has 0 spiro atoms. The molecule has 3 N–H and O–H groups in total. The van der Waals surface area contributed by atoms with E-state index >= 15 is 0 Å². The maximum absolute atomic E-state index is 13.6. The highest BCUT2D eigenvalue weighted by Gasteiger charge is 2.24. The van der Waals surface area contributed by atoms with Gasteiger partial charge in [-0.25, -0.2) is 0 Å². The summed E-state index contributed by atoms with van der Waals surface area (Å²) in [5.74, 6) is -0.933. The van der Waals surface area contributed by atoms with Crippen molar-refractivity contribution in [3.05, 3.63) is 165 Å². The third-order valence-electron chi connectivity index (χ3n) is 7.07. The molecule has 0 saturated carbocycles. The van der Waals surface area contributed by atoms with Crippen LogP contribution in [0.3, 0.4) is 0 Å². The Bertz CT molecular complexity index is 1990. The number of nitrogens with one attached hydrogen (secondary N) is 3. The van der Waals surface area contributed by atoms with Crippen LogP contribution in [0.25, 0.3) is 6.08 Å². The molecule has 5 aromatic carbocycles. The van der Waals surface area contributed by atoms with Crippen LogP contribution >= 0.6 is 23.4 Å². The van der Waals surface area contributed by atoms with E-state index < -0.39 is 22.0 Å². The fraction of sp³-hybridized carbons (Fsp3) is 0.0541. The summed E-state index contributed by atoms with van der Waals surface area (Å²) in [6, 6.07) is 35.2. The van der Waals surface area contributed by atoms with Crippen molar-refractivity contribution in [2.75, 3.05) is 17.7 Å². The van der Waals surface area contributed by atoms with Crippen molar-refractivity contribution in [3.8, 4) is 5.75 Å². The van der Waals surface area contributed by atoms with Crippen LogP contribution in [0, 0.1) is 10.1 Å². The smallest absolute Gasteiger partial charge is 0.272 e. The number of anilines is 2. The summed E-state index contributed by atoms with van der Waals surface area (Å²) < 4.78 is 5.39. The minimum Gasteiger partial charge on any atom is -0.495 e. The SMILES string of the molecule is COc1ccc(Cl)cc1NC(=O)C(Sc1ccc(NC(=O)/C(=C/c2ccc([N+](=O)[O-])cc2)NC(=O)c2ccccc2)cc1)c1ccccc1. The highest BCUT2D eigenvalue weighted by Crippen LogP contribution is 2.38. The number of non-ortho nitro benzene ring substituents is 1. The van der Waals surface area contributed by atoms with Crippen LogP contribution in [0.4, 0.5) is 17.1 Å². The van der Waals surface area contributed by atoms with E-state index in [2.05, 4.69) is 16.0 Å². The van der Waals surface area contributed by atoms with Gasteiger partial charge < -0.3 is 20.7 Å². The van der Waals surface area contributed by atoms with E-state index in [9.17, 15) is 24.5 Å². The van der Waals surface area contributed by atoms with E-state index in [1.54, 1.807) is 72.8 Å². The number of carbonyl (C=O) groups is 3. The average Bonchev–Trinajstić information content (AvgIpc) is 3.12. The van der Waals surface area contributed by atoms with Crippen molar-refractivity contribution < 1.29 is 24.0 Å². The lowest BCUT2D eigenvalue weighted by Crippen LogP contribution is -2.30. The zero-order valence-electron chi connectivity index (χ0n) is 26.0. The van der Waals surface area contributed by atoms with Crippen molar-refractivity contribution in [1.29, 1.82) is 0 Å². The molecule has 3 amide bonds. The molecule has 246 valence electrons. The number of benzene rings is 5. The number of nitro groups is 1. The van der Waals surface area contributed by atoms with Crippen LogP contribution in [-0.2, 0) is 9.59 Å². The molecule has 0 aliphatic heterocycles. The highest BCUT2D eigenvalue weighted by atomic mass is 35.5. The van der Waals surface area contributed by atoms with E-state index in [1.165, 1.54) is 49.2 Å². The molecule has 0 heterocycles. The van der Waals surface area contributed by atoms with Crippen molar-refractivity contribution in [3.63, 3.8) is 0 Å². The number of ether oxygens (including phenoxy) is 1. The first-order valence-electron chi connectivity index (χ1n) is 14.8. The maximum Gasteiger partial charge on any atom is 0.272 e. The van der Waals surface area contributed by atoms with E-state index in [1.807, 2.05) is 30.3 Å². The number of thioether (sulfide) groups is 1. The highest BCUT2D eigenvalue weighted by molar-refractivity contribution is 8.00. The molecule has 5 rings (SSSR count). The molecule has 0 aliphatic rings. The van der Waals surface area contributed by atoms with Crippen molar-refractivity contribution in [2.24, 2.45) is 0 Å². The van der Waals surface area contributed by atoms with Crippen LogP contribution in [0.15, 0.2) is 138 Å². The van der Waals surface area contributed by atoms with Crippen LogP contribution in [0.5, 0.6) is 5.75 Å². The first kappa shape index (κ1) is 34.4. The summed E-state index contributed by atoms with van der Waals surface area (Å²) in [5.41, 5.74) is 2.29. The predicted molar refractivity (Wildman–Crippen MR) is 192 cm³/mol.